The fraction of sp³-hybridized carbons (Fsp3) is 0.500. The van der Waals surface area contributed by atoms with E-state index >= 15 is 0 Å². The third kappa shape index (κ3) is 2.34. The molecule has 0 saturated heterocycles. The van der Waals surface area contributed by atoms with Crippen LogP contribution in [0.15, 0.2) is 28.9 Å². The molecule has 1 heteroatoms. The predicted molar refractivity (Wildman–Crippen MR) is 49.7 cm³/mol. The number of rotatable bonds is 1. The highest BCUT2D eigenvalue weighted by molar-refractivity contribution is 5.80. The molecule has 0 N–H and O–H groups in total. The molecule has 0 aromatic rings. The first kappa shape index (κ1) is 8.25. The molecule has 0 aromatic carbocycles. The van der Waals surface area contributed by atoms with Crippen LogP contribution in [0.2, 0.25) is 0 Å². The van der Waals surface area contributed by atoms with Gasteiger partial charge in [-0.3, -0.25) is 4.99 Å². The van der Waals surface area contributed by atoms with Gasteiger partial charge in [-0.1, -0.05) is 32.9 Å². The summed E-state index contributed by atoms with van der Waals surface area (Å²) in [5, 5.41) is 0. The highest BCUT2D eigenvalue weighted by Gasteiger charge is 2.03. The zero-order valence-electron chi connectivity index (χ0n) is 7.41. The lowest BCUT2D eigenvalue weighted by molar-refractivity contribution is 0.788. The van der Waals surface area contributed by atoms with Crippen molar-refractivity contribution in [3.05, 3.63) is 23.9 Å². The van der Waals surface area contributed by atoms with Crippen LogP contribution in [0.3, 0.4) is 0 Å². The molecule has 0 radical (unpaired) electrons. The Hall–Kier alpha value is -0.850. The molecule has 0 spiro atoms. The van der Waals surface area contributed by atoms with Crippen molar-refractivity contribution in [3.8, 4) is 0 Å². The van der Waals surface area contributed by atoms with Crippen LogP contribution in [0.25, 0.3) is 0 Å². The minimum absolute atomic E-state index is 0.523. The minimum atomic E-state index is 0.523. The van der Waals surface area contributed by atoms with Crippen molar-refractivity contribution >= 4 is 6.21 Å². The van der Waals surface area contributed by atoms with Crippen molar-refractivity contribution < 1.29 is 0 Å². The highest BCUT2D eigenvalue weighted by atomic mass is 14.7. The first-order valence-electron chi connectivity index (χ1n) is 4.11. The molecular weight excluding hydrogens is 134 g/mol. The fourth-order valence-electron chi connectivity index (χ4n) is 1.06. The molecule has 0 fully saturated rings. The summed E-state index contributed by atoms with van der Waals surface area (Å²) in [6.45, 7) is 6.55. The van der Waals surface area contributed by atoms with E-state index in [-0.39, 0.29) is 0 Å². The lowest BCUT2D eigenvalue weighted by Crippen LogP contribution is -1.96. The molecule has 1 aliphatic rings. The second kappa shape index (κ2) is 3.51. The van der Waals surface area contributed by atoms with E-state index < -0.39 is 0 Å². The van der Waals surface area contributed by atoms with E-state index in [2.05, 4.69) is 37.9 Å². The minimum Gasteiger partial charge on any atom is -0.265 e. The summed E-state index contributed by atoms with van der Waals surface area (Å²) in [4.78, 5) is 4.15. The maximum absolute atomic E-state index is 4.15. The van der Waals surface area contributed by atoms with Gasteiger partial charge in [0.2, 0.25) is 0 Å². The van der Waals surface area contributed by atoms with Crippen LogP contribution >= 0.6 is 0 Å². The van der Waals surface area contributed by atoms with Crippen LogP contribution in [-0.4, -0.2) is 6.21 Å². The number of hydrogen-bond donors (Lipinski definition) is 0. The summed E-state index contributed by atoms with van der Waals surface area (Å²) in [7, 11) is 0. The molecule has 1 atom stereocenters. The van der Waals surface area contributed by atoms with Gasteiger partial charge in [-0.2, -0.15) is 0 Å². The van der Waals surface area contributed by atoms with Crippen LogP contribution in [0.1, 0.15) is 20.8 Å². The maximum atomic E-state index is 4.15. The van der Waals surface area contributed by atoms with Crippen LogP contribution in [0.4, 0.5) is 0 Å². The lowest BCUT2D eigenvalue weighted by atomic mass is 10.00. The van der Waals surface area contributed by atoms with Gasteiger partial charge in [0, 0.05) is 12.4 Å². The Labute approximate surface area is 68.5 Å². The number of nitrogens with zero attached hydrogens (tertiary/aromatic N) is 1. The van der Waals surface area contributed by atoms with Gasteiger partial charge in [-0.15, -0.1) is 0 Å². The van der Waals surface area contributed by atoms with Crippen molar-refractivity contribution in [1.29, 1.82) is 0 Å². The van der Waals surface area contributed by atoms with Gasteiger partial charge in [0.1, 0.15) is 0 Å². The third-order valence-corrected chi connectivity index (χ3v) is 1.82. The topological polar surface area (TPSA) is 12.4 Å². The first-order valence-corrected chi connectivity index (χ1v) is 4.11. The quantitative estimate of drug-likeness (QED) is 0.543. The van der Waals surface area contributed by atoms with E-state index in [0.29, 0.717) is 11.8 Å². The molecule has 1 unspecified atom stereocenters. The molecule has 0 saturated carbocycles. The second-order valence-electron chi connectivity index (χ2n) is 3.30. The molecule has 1 rings (SSSR count). The Morgan fingerprint density at radius 1 is 1.45 bits per heavy atom. The molecule has 11 heavy (non-hydrogen) atoms. The van der Waals surface area contributed by atoms with Crippen LogP contribution < -0.4 is 0 Å². The smallest absolute Gasteiger partial charge is 0.0299 e. The Bertz CT molecular complexity index is 209. The van der Waals surface area contributed by atoms with Crippen LogP contribution in [0.5, 0.6) is 0 Å². The Morgan fingerprint density at radius 2 is 2.18 bits per heavy atom. The van der Waals surface area contributed by atoms with Gasteiger partial charge in [-0.05, 0) is 17.4 Å². The highest BCUT2D eigenvalue weighted by Crippen LogP contribution is 2.14. The molecule has 60 valence electrons. The van der Waals surface area contributed by atoms with E-state index in [1.165, 1.54) is 5.57 Å². The van der Waals surface area contributed by atoms with Gasteiger partial charge in [0.25, 0.3) is 0 Å². The summed E-state index contributed by atoms with van der Waals surface area (Å²) in [6.07, 6.45) is 8.19. The van der Waals surface area contributed by atoms with Crippen molar-refractivity contribution in [2.75, 3.05) is 0 Å². The molecule has 1 nitrogen and oxygen atoms in total. The summed E-state index contributed by atoms with van der Waals surface area (Å²) < 4.78 is 0. The average molecular weight is 149 g/mol. The van der Waals surface area contributed by atoms with Gasteiger partial charge in [-0.25, -0.2) is 0 Å². The van der Waals surface area contributed by atoms with E-state index in [1.807, 2.05) is 12.4 Å². The van der Waals surface area contributed by atoms with Crippen LogP contribution in [0, 0.1) is 11.8 Å². The van der Waals surface area contributed by atoms with E-state index in [4.69, 9.17) is 0 Å². The largest absolute Gasteiger partial charge is 0.265 e. The number of hydrogen-bond acceptors (Lipinski definition) is 1. The summed E-state index contributed by atoms with van der Waals surface area (Å²) >= 11 is 0. The molecule has 0 bridgehead atoms. The molecule has 1 heterocycles. The molecule has 0 aliphatic carbocycles. The number of aliphatic imine (C=N–C) groups is 1. The molecule has 1 aliphatic heterocycles. The Kier molecular flexibility index (Phi) is 2.64. The zero-order chi connectivity index (χ0) is 8.27. The fourth-order valence-corrected chi connectivity index (χ4v) is 1.06. The zero-order valence-corrected chi connectivity index (χ0v) is 7.41. The second-order valence-corrected chi connectivity index (χ2v) is 3.30. The van der Waals surface area contributed by atoms with E-state index in [9.17, 15) is 0 Å². The average Bonchev–Trinajstić information content (AvgIpc) is 2.13. The summed E-state index contributed by atoms with van der Waals surface area (Å²) in [5.74, 6) is 1.11. The van der Waals surface area contributed by atoms with Crippen molar-refractivity contribution in [2.24, 2.45) is 16.8 Å². The molecular formula is C10H15N. The summed E-state index contributed by atoms with van der Waals surface area (Å²) in [6, 6.07) is 0. The predicted octanol–water partition coefficient (Wildman–Crippen LogP) is 2.80. The Morgan fingerprint density at radius 3 is 2.82 bits per heavy atom. The number of allylic oxidation sites excluding steroid dienone is 3. The summed E-state index contributed by atoms with van der Waals surface area (Å²) in [5.41, 5.74) is 1.34. The maximum Gasteiger partial charge on any atom is 0.0299 e. The van der Waals surface area contributed by atoms with Gasteiger partial charge < -0.3 is 0 Å². The van der Waals surface area contributed by atoms with E-state index in [0.717, 1.165) is 0 Å². The Balaban J connectivity index is 2.80. The van der Waals surface area contributed by atoms with Gasteiger partial charge >= 0.3 is 0 Å². The molecule has 0 aromatic heterocycles. The van der Waals surface area contributed by atoms with Gasteiger partial charge in [0.05, 0.1) is 0 Å². The first-order chi connectivity index (χ1) is 5.20. The SMILES string of the molecule is CC1C=CN=CC(C(C)C)=C1. The lowest BCUT2D eigenvalue weighted by Gasteiger charge is -2.05. The van der Waals surface area contributed by atoms with Crippen molar-refractivity contribution in [2.45, 2.75) is 20.8 Å². The van der Waals surface area contributed by atoms with E-state index in [1.54, 1.807) is 0 Å². The normalized spacial score (nSPS) is 23.6. The standard InChI is InChI=1S/C10H15N/c1-8(2)10-6-9(3)4-5-11-7-10/h4-9H,1-3H3. The van der Waals surface area contributed by atoms with Gasteiger partial charge in [0.15, 0.2) is 0 Å². The van der Waals surface area contributed by atoms with Crippen molar-refractivity contribution in [1.82, 2.24) is 0 Å². The third-order valence-electron chi connectivity index (χ3n) is 1.82. The molecule has 0 amide bonds. The monoisotopic (exact) mass is 149 g/mol. The van der Waals surface area contributed by atoms with Crippen LogP contribution in [-0.2, 0) is 0 Å². The van der Waals surface area contributed by atoms with Crippen molar-refractivity contribution in [3.63, 3.8) is 0 Å².